The van der Waals surface area contributed by atoms with Crippen LogP contribution in [-0.4, -0.2) is 44.3 Å². The first-order valence-electron chi connectivity index (χ1n) is 8.61. The standard InChI is InChI=1S/C20H20N2O2Se/c23-19-16-12-7-13-22(16)20(24)18(25-15-10-5-2-6-11-15)17(21-19)14-8-3-1-4-9-14/h1-6,8-11,16-18H,7,12-13H2,(H,21,23)/t16-,17+,18+/m0/s1. The summed E-state index contributed by atoms with van der Waals surface area (Å²) < 4.78 is 1.18. The zero-order valence-corrected chi connectivity index (χ0v) is 15.5. The molecule has 0 spiro atoms. The fourth-order valence-electron chi connectivity index (χ4n) is 3.62. The molecule has 0 bridgehead atoms. The predicted octanol–water partition coefficient (Wildman–Crippen LogP) is 1.67. The average Bonchev–Trinajstić information content (AvgIpc) is 3.12. The van der Waals surface area contributed by atoms with Crippen LogP contribution in [0.1, 0.15) is 24.4 Å². The Labute approximate surface area is 153 Å². The van der Waals surface area contributed by atoms with Crippen LogP contribution in [0, 0.1) is 0 Å². The molecule has 2 heterocycles. The van der Waals surface area contributed by atoms with Gasteiger partial charge in [0.05, 0.1) is 0 Å². The molecule has 4 nitrogen and oxygen atoms in total. The summed E-state index contributed by atoms with van der Waals surface area (Å²) in [5.41, 5.74) is 1.01. The van der Waals surface area contributed by atoms with Crippen LogP contribution < -0.4 is 9.78 Å². The second-order valence-electron chi connectivity index (χ2n) is 6.44. The molecule has 2 saturated heterocycles. The molecule has 5 heteroatoms. The van der Waals surface area contributed by atoms with E-state index in [4.69, 9.17) is 0 Å². The normalized spacial score (nSPS) is 26.1. The zero-order chi connectivity index (χ0) is 17.2. The van der Waals surface area contributed by atoms with Crippen LogP contribution in [0.2, 0.25) is 4.82 Å². The van der Waals surface area contributed by atoms with Crippen molar-refractivity contribution in [2.45, 2.75) is 29.7 Å². The van der Waals surface area contributed by atoms with Crippen molar-refractivity contribution in [3.63, 3.8) is 0 Å². The number of fused-ring (bicyclic) bond motifs is 1. The molecule has 2 aromatic rings. The molecular weight excluding hydrogens is 379 g/mol. The van der Waals surface area contributed by atoms with Gasteiger partial charge < -0.3 is 0 Å². The van der Waals surface area contributed by atoms with E-state index in [0.29, 0.717) is 6.54 Å². The second kappa shape index (κ2) is 7.03. The Hall–Kier alpha value is -2.10. The van der Waals surface area contributed by atoms with Gasteiger partial charge in [-0.05, 0) is 0 Å². The molecule has 128 valence electrons. The van der Waals surface area contributed by atoms with E-state index in [1.54, 1.807) is 0 Å². The van der Waals surface area contributed by atoms with Gasteiger partial charge in [-0.2, -0.15) is 0 Å². The van der Waals surface area contributed by atoms with Gasteiger partial charge in [0.15, 0.2) is 0 Å². The molecule has 2 aliphatic rings. The minimum atomic E-state index is -0.296. The first-order chi connectivity index (χ1) is 12.2. The van der Waals surface area contributed by atoms with Gasteiger partial charge in [-0.15, -0.1) is 0 Å². The number of hydrogen-bond acceptors (Lipinski definition) is 2. The topological polar surface area (TPSA) is 49.4 Å². The molecule has 25 heavy (non-hydrogen) atoms. The Balaban J connectivity index is 1.73. The van der Waals surface area contributed by atoms with Gasteiger partial charge in [0.1, 0.15) is 0 Å². The summed E-state index contributed by atoms with van der Waals surface area (Å²) in [6.07, 6.45) is 1.68. The Kier molecular flexibility index (Phi) is 4.60. The monoisotopic (exact) mass is 400 g/mol. The number of amides is 2. The number of hydrogen-bond donors (Lipinski definition) is 1. The Morgan fingerprint density at radius 1 is 0.960 bits per heavy atom. The summed E-state index contributed by atoms with van der Waals surface area (Å²) in [6.45, 7) is 0.694. The predicted molar refractivity (Wildman–Crippen MR) is 97.6 cm³/mol. The first kappa shape index (κ1) is 16.4. The molecule has 2 amide bonds. The maximum absolute atomic E-state index is 13.3. The molecule has 2 aromatic carbocycles. The van der Waals surface area contributed by atoms with Crippen LogP contribution in [0.4, 0.5) is 0 Å². The number of benzene rings is 2. The van der Waals surface area contributed by atoms with Crippen molar-refractivity contribution in [1.29, 1.82) is 0 Å². The SMILES string of the molecule is O=C1N[C@H](c2ccccc2)[C@@H]([Se]c2ccccc2)C(=O)N2CCC[C@@H]12. The van der Waals surface area contributed by atoms with Crippen molar-refractivity contribution in [3.8, 4) is 0 Å². The number of carbonyl (C=O) groups is 2. The van der Waals surface area contributed by atoms with Gasteiger partial charge in [0, 0.05) is 0 Å². The maximum atomic E-state index is 13.3. The fraction of sp³-hybridized carbons (Fsp3) is 0.300. The van der Waals surface area contributed by atoms with Crippen molar-refractivity contribution in [2.75, 3.05) is 6.54 Å². The van der Waals surface area contributed by atoms with Crippen LogP contribution in [0.25, 0.3) is 0 Å². The van der Waals surface area contributed by atoms with Gasteiger partial charge in [-0.1, -0.05) is 0 Å². The van der Waals surface area contributed by atoms with Gasteiger partial charge in [0.25, 0.3) is 0 Å². The number of nitrogens with zero attached hydrogens (tertiary/aromatic N) is 1. The molecule has 2 fully saturated rings. The van der Waals surface area contributed by atoms with Crippen molar-refractivity contribution >= 4 is 31.2 Å². The van der Waals surface area contributed by atoms with Crippen molar-refractivity contribution in [3.05, 3.63) is 66.2 Å². The van der Waals surface area contributed by atoms with Gasteiger partial charge in [-0.25, -0.2) is 0 Å². The molecule has 0 saturated carbocycles. The van der Waals surface area contributed by atoms with Gasteiger partial charge >= 0.3 is 154 Å². The van der Waals surface area contributed by atoms with Crippen LogP contribution >= 0.6 is 0 Å². The summed E-state index contributed by atoms with van der Waals surface area (Å²) in [7, 11) is 0. The van der Waals surface area contributed by atoms with E-state index >= 15 is 0 Å². The van der Waals surface area contributed by atoms with E-state index < -0.39 is 0 Å². The molecule has 0 unspecified atom stereocenters. The van der Waals surface area contributed by atoms with E-state index in [1.807, 2.05) is 53.4 Å². The summed E-state index contributed by atoms with van der Waals surface area (Å²) in [4.78, 5) is 27.6. The average molecular weight is 399 g/mol. The molecule has 1 N–H and O–H groups in total. The van der Waals surface area contributed by atoms with E-state index in [9.17, 15) is 9.59 Å². The summed E-state index contributed by atoms with van der Waals surface area (Å²) in [6, 6.07) is 19.5. The second-order valence-corrected chi connectivity index (χ2v) is 8.99. The van der Waals surface area contributed by atoms with Gasteiger partial charge in [0.2, 0.25) is 0 Å². The number of nitrogens with one attached hydrogen (secondary N) is 1. The van der Waals surface area contributed by atoms with Crippen molar-refractivity contribution < 1.29 is 9.59 Å². The quantitative estimate of drug-likeness (QED) is 0.799. The van der Waals surface area contributed by atoms with Crippen molar-refractivity contribution in [1.82, 2.24) is 10.2 Å². The Bertz CT molecular complexity index is 766. The molecule has 0 aliphatic carbocycles. The molecule has 2 aliphatic heterocycles. The summed E-state index contributed by atoms with van der Waals surface area (Å²) >= 11 is -0.0520. The summed E-state index contributed by atoms with van der Waals surface area (Å²) in [5, 5.41) is 3.18. The molecule has 4 rings (SSSR count). The van der Waals surface area contributed by atoms with E-state index in [1.165, 1.54) is 4.46 Å². The van der Waals surface area contributed by atoms with E-state index in [2.05, 4.69) is 17.4 Å². The first-order valence-corrected chi connectivity index (χ1v) is 10.5. The molecule has 3 atom stereocenters. The fourth-order valence-corrected chi connectivity index (χ4v) is 6.14. The minimum absolute atomic E-state index is 0.00827. The van der Waals surface area contributed by atoms with Crippen LogP contribution in [0.5, 0.6) is 0 Å². The van der Waals surface area contributed by atoms with Crippen LogP contribution in [0.3, 0.4) is 0 Å². The molecular formula is C20H20N2O2Se. The summed E-state index contributed by atoms with van der Waals surface area (Å²) in [5.74, 6) is 0.115. The van der Waals surface area contributed by atoms with E-state index in [-0.39, 0.29) is 43.7 Å². The van der Waals surface area contributed by atoms with Gasteiger partial charge in [-0.3, -0.25) is 0 Å². The third-order valence-corrected chi connectivity index (χ3v) is 7.52. The van der Waals surface area contributed by atoms with E-state index in [0.717, 1.165) is 18.4 Å². The third kappa shape index (κ3) is 3.22. The molecule has 0 radical (unpaired) electrons. The number of carbonyl (C=O) groups excluding carboxylic acids is 2. The Morgan fingerprint density at radius 2 is 1.64 bits per heavy atom. The number of rotatable bonds is 3. The Morgan fingerprint density at radius 3 is 2.36 bits per heavy atom. The van der Waals surface area contributed by atoms with Crippen LogP contribution in [-0.2, 0) is 9.59 Å². The zero-order valence-electron chi connectivity index (χ0n) is 13.8. The third-order valence-electron chi connectivity index (χ3n) is 4.85. The van der Waals surface area contributed by atoms with Crippen molar-refractivity contribution in [2.24, 2.45) is 0 Å². The molecule has 0 aromatic heterocycles. The van der Waals surface area contributed by atoms with Crippen LogP contribution in [0.15, 0.2) is 60.7 Å².